The molecule has 0 saturated carbocycles. The van der Waals surface area contributed by atoms with Crippen molar-refractivity contribution >= 4 is 11.9 Å². The monoisotopic (exact) mass is 163 g/mol. The van der Waals surface area contributed by atoms with E-state index in [9.17, 15) is 0 Å². The van der Waals surface area contributed by atoms with Gasteiger partial charge in [-0.1, -0.05) is 12.7 Å². The molecule has 3 N–H and O–H groups in total. The van der Waals surface area contributed by atoms with E-state index >= 15 is 0 Å². The van der Waals surface area contributed by atoms with E-state index in [1.807, 2.05) is 13.1 Å². The highest BCUT2D eigenvalue weighted by atomic mass is 14.9. The van der Waals surface area contributed by atoms with Gasteiger partial charge in [0.2, 0.25) is 0 Å². The van der Waals surface area contributed by atoms with E-state index in [-0.39, 0.29) is 0 Å². The lowest BCUT2D eigenvalue weighted by Crippen LogP contribution is -2.08. The van der Waals surface area contributed by atoms with Crippen molar-refractivity contribution in [1.82, 2.24) is 10.3 Å². The quantitative estimate of drug-likeness (QED) is 0.699. The molecule has 0 amide bonds. The van der Waals surface area contributed by atoms with Crippen LogP contribution in [-0.4, -0.2) is 12.0 Å². The van der Waals surface area contributed by atoms with Gasteiger partial charge in [0.25, 0.3) is 0 Å². The largest absolute Gasteiger partial charge is 0.383 e. The minimum absolute atomic E-state index is 0.579. The smallest absolute Gasteiger partial charge is 0.127 e. The summed E-state index contributed by atoms with van der Waals surface area (Å²) in [6.07, 6.45) is 3.47. The van der Waals surface area contributed by atoms with Crippen LogP contribution in [0, 0.1) is 0 Å². The highest BCUT2D eigenvalue weighted by molar-refractivity contribution is 5.51. The van der Waals surface area contributed by atoms with Gasteiger partial charge in [0.05, 0.1) is 0 Å². The maximum atomic E-state index is 5.64. The van der Waals surface area contributed by atoms with Crippen LogP contribution >= 0.6 is 0 Å². The summed E-state index contributed by atoms with van der Waals surface area (Å²) in [7, 11) is 1.88. The highest BCUT2D eigenvalue weighted by Crippen LogP contribution is 2.10. The third kappa shape index (κ3) is 1.83. The Labute approximate surface area is 72.3 Å². The maximum absolute atomic E-state index is 5.64. The lowest BCUT2D eigenvalue weighted by Gasteiger charge is -2.04. The molecule has 1 aromatic heterocycles. The summed E-state index contributed by atoms with van der Waals surface area (Å²) < 4.78 is 0. The average Bonchev–Trinajstić information content (AvgIpc) is 2.09. The maximum Gasteiger partial charge on any atom is 0.127 e. The number of hydrogen-bond donors (Lipinski definition) is 2. The molecule has 0 atom stereocenters. The number of nitrogens with zero attached hydrogens (tertiary/aromatic N) is 1. The molecule has 0 fully saturated rings. The third-order valence-electron chi connectivity index (χ3n) is 1.63. The van der Waals surface area contributed by atoms with Crippen molar-refractivity contribution in [2.24, 2.45) is 0 Å². The molecule has 12 heavy (non-hydrogen) atoms. The SMILES string of the molecule is C=Cc1cnc(N)c(CNC)c1. The number of nitrogens with two attached hydrogens (primary N) is 1. The van der Waals surface area contributed by atoms with E-state index in [4.69, 9.17) is 5.73 Å². The Hall–Kier alpha value is -1.35. The van der Waals surface area contributed by atoms with Crippen LogP contribution in [0.25, 0.3) is 6.08 Å². The Morgan fingerprint density at radius 3 is 3.08 bits per heavy atom. The van der Waals surface area contributed by atoms with Gasteiger partial charge in [-0.15, -0.1) is 0 Å². The molecule has 64 valence electrons. The molecular weight excluding hydrogens is 150 g/mol. The molecule has 0 spiro atoms. The van der Waals surface area contributed by atoms with Crippen LogP contribution in [0.3, 0.4) is 0 Å². The van der Waals surface area contributed by atoms with Crippen LogP contribution < -0.4 is 11.1 Å². The number of aromatic nitrogens is 1. The van der Waals surface area contributed by atoms with Crippen molar-refractivity contribution < 1.29 is 0 Å². The van der Waals surface area contributed by atoms with Crippen molar-refractivity contribution in [3.8, 4) is 0 Å². The topological polar surface area (TPSA) is 50.9 Å². The van der Waals surface area contributed by atoms with Crippen molar-refractivity contribution in [2.75, 3.05) is 12.8 Å². The Kier molecular flexibility index (Phi) is 2.82. The van der Waals surface area contributed by atoms with Gasteiger partial charge in [0, 0.05) is 18.3 Å². The summed E-state index contributed by atoms with van der Waals surface area (Å²) in [5.41, 5.74) is 7.65. The molecule has 0 aromatic carbocycles. The molecule has 1 aromatic rings. The molecule has 1 heterocycles. The molecule has 0 aliphatic rings. The van der Waals surface area contributed by atoms with E-state index in [1.54, 1.807) is 12.3 Å². The molecule has 0 aliphatic heterocycles. The first-order valence-corrected chi connectivity index (χ1v) is 3.79. The zero-order chi connectivity index (χ0) is 8.97. The second kappa shape index (κ2) is 3.88. The van der Waals surface area contributed by atoms with E-state index < -0.39 is 0 Å². The summed E-state index contributed by atoms with van der Waals surface area (Å²) in [4.78, 5) is 4.04. The molecule has 0 radical (unpaired) electrons. The highest BCUT2D eigenvalue weighted by Gasteiger charge is 1.98. The lowest BCUT2D eigenvalue weighted by atomic mass is 10.2. The zero-order valence-corrected chi connectivity index (χ0v) is 7.17. The van der Waals surface area contributed by atoms with E-state index in [0.717, 1.165) is 17.7 Å². The van der Waals surface area contributed by atoms with Gasteiger partial charge >= 0.3 is 0 Å². The zero-order valence-electron chi connectivity index (χ0n) is 7.17. The Bertz CT molecular complexity index is 281. The van der Waals surface area contributed by atoms with Gasteiger partial charge < -0.3 is 11.1 Å². The fourth-order valence-electron chi connectivity index (χ4n) is 0.983. The summed E-state index contributed by atoms with van der Waals surface area (Å²) in [5, 5.41) is 3.02. The summed E-state index contributed by atoms with van der Waals surface area (Å²) in [5.74, 6) is 0.579. The van der Waals surface area contributed by atoms with Crippen molar-refractivity contribution in [2.45, 2.75) is 6.54 Å². The fourth-order valence-corrected chi connectivity index (χ4v) is 0.983. The van der Waals surface area contributed by atoms with Gasteiger partial charge in [-0.25, -0.2) is 4.98 Å². The molecule has 0 unspecified atom stereocenters. The van der Waals surface area contributed by atoms with E-state index in [2.05, 4.69) is 16.9 Å². The Morgan fingerprint density at radius 1 is 1.75 bits per heavy atom. The standard InChI is InChI=1S/C9H13N3/c1-3-7-4-8(6-11-2)9(10)12-5-7/h3-5,11H,1,6H2,2H3,(H2,10,12). The minimum Gasteiger partial charge on any atom is -0.383 e. The van der Waals surface area contributed by atoms with Crippen molar-refractivity contribution in [3.63, 3.8) is 0 Å². The fraction of sp³-hybridized carbons (Fsp3) is 0.222. The molecule has 0 bridgehead atoms. The number of nitrogen functional groups attached to an aromatic ring is 1. The first-order valence-electron chi connectivity index (χ1n) is 3.79. The van der Waals surface area contributed by atoms with E-state index in [0.29, 0.717) is 5.82 Å². The molecule has 0 saturated heterocycles. The molecule has 0 aliphatic carbocycles. The van der Waals surface area contributed by atoms with Crippen LogP contribution in [0.5, 0.6) is 0 Å². The molecule has 3 nitrogen and oxygen atoms in total. The van der Waals surface area contributed by atoms with Gasteiger partial charge in [-0.05, 0) is 18.7 Å². The number of pyridine rings is 1. The summed E-state index contributed by atoms with van der Waals surface area (Å²) in [6.45, 7) is 4.40. The van der Waals surface area contributed by atoms with Gasteiger partial charge in [-0.3, -0.25) is 0 Å². The number of nitrogens with one attached hydrogen (secondary N) is 1. The summed E-state index contributed by atoms with van der Waals surface area (Å²) >= 11 is 0. The summed E-state index contributed by atoms with van der Waals surface area (Å²) in [6, 6.07) is 1.98. The second-order valence-electron chi connectivity index (χ2n) is 2.55. The lowest BCUT2D eigenvalue weighted by molar-refractivity contribution is 0.816. The minimum atomic E-state index is 0.579. The van der Waals surface area contributed by atoms with Crippen LogP contribution in [-0.2, 0) is 6.54 Å². The molecular formula is C9H13N3. The van der Waals surface area contributed by atoms with Gasteiger partial charge in [0.1, 0.15) is 5.82 Å². The predicted molar refractivity (Wildman–Crippen MR) is 51.5 cm³/mol. The van der Waals surface area contributed by atoms with Crippen LogP contribution in [0.4, 0.5) is 5.82 Å². The Morgan fingerprint density at radius 2 is 2.50 bits per heavy atom. The first kappa shape index (κ1) is 8.74. The first-order chi connectivity index (χ1) is 5.77. The van der Waals surface area contributed by atoms with Gasteiger partial charge in [0.15, 0.2) is 0 Å². The van der Waals surface area contributed by atoms with E-state index in [1.165, 1.54) is 0 Å². The molecule has 1 rings (SSSR count). The second-order valence-corrected chi connectivity index (χ2v) is 2.55. The molecule has 3 heteroatoms. The number of anilines is 1. The predicted octanol–water partition coefficient (Wildman–Crippen LogP) is 1.03. The number of rotatable bonds is 3. The van der Waals surface area contributed by atoms with Crippen LogP contribution in [0.2, 0.25) is 0 Å². The van der Waals surface area contributed by atoms with Crippen LogP contribution in [0.1, 0.15) is 11.1 Å². The Balaban J connectivity index is 2.99. The van der Waals surface area contributed by atoms with Crippen molar-refractivity contribution in [1.29, 1.82) is 0 Å². The van der Waals surface area contributed by atoms with Crippen LogP contribution in [0.15, 0.2) is 18.8 Å². The normalized spacial score (nSPS) is 9.75. The van der Waals surface area contributed by atoms with Crippen molar-refractivity contribution in [3.05, 3.63) is 30.0 Å². The third-order valence-corrected chi connectivity index (χ3v) is 1.63. The average molecular weight is 163 g/mol. The van der Waals surface area contributed by atoms with Gasteiger partial charge in [-0.2, -0.15) is 0 Å². The number of hydrogen-bond acceptors (Lipinski definition) is 3.